The average molecular weight is 228 g/mol. The maximum atomic E-state index is 6.06. The van der Waals surface area contributed by atoms with Crippen LogP contribution in [-0.4, -0.2) is 7.11 Å². The highest BCUT2D eigenvalue weighted by Gasteiger charge is 2.20. The maximum absolute atomic E-state index is 6.06. The van der Waals surface area contributed by atoms with Gasteiger partial charge in [0.05, 0.1) is 7.11 Å². The zero-order valence-electron chi connectivity index (χ0n) is 9.25. The fourth-order valence-electron chi connectivity index (χ4n) is 2.30. The Morgan fingerprint density at radius 2 is 2.13 bits per heavy atom. The van der Waals surface area contributed by atoms with Crippen LogP contribution in [0.1, 0.15) is 35.6 Å². The van der Waals surface area contributed by atoms with Crippen LogP contribution < -0.4 is 10.5 Å². The summed E-state index contributed by atoms with van der Waals surface area (Å²) >= 11 is 0. The van der Waals surface area contributed by atoms with E-state index in [1.807, 2.05) is 0 Å². The van der Waals surface area contributed by atoms with Gasteiger partial charge in [-0.1, -0.05) is 12.1 Å². The lowest BCUT2D eigenvalue weighted by Crippen LogP contribution is -2.18. The van der Waals surface area contributed by atoms with E-state index in [9.17, 15) is 0 Å². The molecule has 2 N–H and O–H groups in total. The summed E-state index contributed by atoms with van der Waals surface area (Å²) in [5.74, 6) is 1.04. The molecule has 0 fully saturated rings. The third-order valence-corrected chi connectivity index (χ3v) is 3.04. The second-order valence-corrected chi connectivity index (χ2v) is 3.98. The fourth-order valence-corrected chi connectivity index (χ4v) is 2.30. The number of nitrogens with two attached hydrogens (primary N) is 1. The van der Waals surface area contributed by atoms with Crippen LogP contribution in [0.4, 0.5) is 0 Å². The first kappa shape index (κ1) is 12.3. The van der Waals surface area contributed by atoms with Gasteiger partial charge in [-0.15, -0.1) is 12.4 Å². The largest absolute Gasteiger partial charge is 0.496 e. The number of hydrogen-bond acceptors (Lipinski definition) is 2. The summed E-state index contributed by atoms with van der Waals surface area (Å²) in [5, 5.41) is 0. The van der Waals surface area contributed by atoms with Gasteiger partial charge < -0.3 is 10.5 Å². The van der Waals surface area contributed by atoms with Crippen molar-refractivity contribution in [3.05, 3.63) is 28.8 Å². The predicted molar refractivity (Wildman–Crippen MR) is 64.8 cm³/mol. The Balaban J connectivity index is 0.00000112. The van der Waals surface area contributed by atoms with Gasteiger partial charge in [0.1, 0.15) is 5.75 Å². The minimum atomic E-state index is 0. The summed E-state index contributed by atoms with van der Waals surface area (Å²) in [6, 6.07) is 4.45. The molecule has 0 saturated heterocycles. The van der Waals surface area contributed by atoms with E-state index in [4.69, 9.17) is 10.5 Å². The molecule has 1 unspecified atom stereocenters. The highest BCUT2D eigenvalue weighted by Crippen LogP contribution is 2.35. The van der Waals surface area contributed by atoms with Gasteiger partial charge in [0.25, 0.3) is 0 Å². The molecule has 0 aromatic heterocycles. The van der Waals surface area contributed by atoms with Crippen LogP contribution in [0.5, 0.6) is 5.75 Å². The van der Waals surface area contributed by atoms with Gasteiger partial charge in [-0.05, 0) is 42.9 Å². The van der Waals surface area contributed by atoms with E-state index >= 15 is 0 Å². The van der Waals surface area contributed by atoms with Crippen molar-refractivity contribution in [3.63, 3.8) is 0 Å². The number of rotatable bonds is 1. The van der Waals surface area contributed by atoms with E-state index in [1.54, 1.807) is 7.11 Å². The summed E-state index contributed by atoms with van der Waals surface area (Å²) in [7, 11) is 1.74. The first-order valence-corrected chi connectivity index (χ1v) is 5.16. The van der Waals surface area contributed by atoms with Gasteiger partial charge in [-0.3, -0.25) is 0 Å². The molecule has 1 aliphatic carbocycles. The van der Waals surface area contributed by atoms with Crippen LogP contribution in [-0.2, 0) is 6.42 Å². The standard InChI is InChI=1S/C12H17NO.ClH/c1-8-6-7-9-10(12(8)14-2)4-3-5-11(9)13;/h6-7,11H,3-5,13H2,1-2H3;1H. The molecule has 84 valence electrons. The highest BCUT2D eigenvalue weighted by atomic mass is 35.5. The molecule has 2 nitrogen and oxygen atoms in total. The monoisotopic (exact) mass is 227 g/mol. The maximum Gasteiger partial charge on any atom is 0.125 e. The normalized spacial score (nSPS) is 19.0. The van der Waals surface area contributed by atoms with Gasteiger partial charge in [-0.25, -0.2) is 0 Å². The fraction of sp³-hybridized carbons (Fsp3) is 0.500. The second kappa shape index (κ2) is 4.86. The predicted octanol–water partition coefficient (Wildman–Crippen LogP) is 2.76. The van der Waals surface area contributed by atoms with Crippen molar-refractivity contribution >= 4 is 12.4 Å². The lowest BCUT2D eigenvalue weighted by molar-refractivity contribution is 0.400. The van der Waals surface area contributed by atoms with Gasteiger partial charge in [0.2, 0.25) is 0 Å². The summed E-state index contributed by atoms with van der Waals surface area (Å²) in [6.07, 6.45) is 3.38. The van der Waals surface area contributed by atoms with E-state index in [1.165, 1.54) is 23.1 Å². The van der Waals surface area contributed by atoms with Crippen molar-refractivity contribution in [1.29, 1.82) is 0 Å². The van der Waals surface area contributed by atoms with Crippen molar-refractivity contribution in [2.75, 3.05) is 7.11 Å². The minimum Gasteiger partial charge on any atom is -0.496 e. The summed E-state index contributed by atoms with van der Waals surface area (Å²) in [5.41, 5.74) is 9.87. The Kier molecular flexibility index (Phi) is 4.00. The van der Waals surface area contributed by atoms with Crippen LogP contribution in [0.2, 0.25) is 0 Å². The molecule has 1 aliphatic rings. The third-order valence-electron chi connectivity index (χ3n) is 3.04. The molecule has 3 heteroatoms. The first-order valence-electron chi connectivity index (χ1n) is 5.16. The first-order chi connectivity index (χ1) is 6.74. The van der Waals surface area contributed by atoms with Crippen molar-refractivity contribution in [2.45, 2.75) is 32.2 Å². The average Bonchev–Trinajstić information content (AvgIpc) is 2.18. The lowest BCUT2D eigenvalue weighted by atomic mass is 9.86. The van der Waals surface area contributed by atoms with Crippen LogP contribution in [0.15, 0.2) is 12.1 Å². The number of aryl methyl sites for hydroxylation is 1. The van der Waals surface area contributed by atoms with Gasteiger partial charge in [0.15, 0.2) is 0 Å². The summed E-state index contributed by atoms with van der Waals surface area (Å²) in [6.45, 7) is 2.08. The highest BCUT2D eigenvalue weighted by molar-refractivity contribution is 5.85. The molecule has 1 atom stereocenters. The van der Waals surface area contributed by atoms with Gasteiger partial charge >= 0.3 is 0 Å². The van der Waals surface area contributed by atoms with Crippen molar-refractivity contribution in [3.8, 4) is 5.75 Å². The number of hydrogen-bond donors (Lipinski definition) is 1. The van der Waals surface area contributed by atoms with Crippen LogP contribution >= 0.6 is 12.4 Å². The molecule has 0 amide bonds. The number of fused-ring (bicyclic) bond motifs is 1. The van der Waals surface area contributed by atoms with E-state index in [0.29, 0.717) is 0 Å². The molecule has 0 bridgehead atoms. The zero-order chi connectivity index (χ0) is 10.1. The SMILES string of the molecule is COc1c(C)ccc2c1CCCC2N.Cl. The third kappa shape index (κ3) is 2.11. The number of ether oxygens (including phenoxy) is 1. The Labute approximate surface area is 97.2 Å². The van der Waals surface area contributed by atoms with Crippen molar-refractivity contribution in [2.24, 2.45) is 5.73 Å². The summed E-state index contributed by atoms with van der Waals surface area (Å²) < 4.78 is 5.44. The van der Waals surface area contributed by atoms with E-state index in [0.717, 1.165) is 18.6 Å². The van der Waals surface area contributed by atoms with Crippen molar-refractivity contribution in [1.82, 2.24) is 0 Å². The molecule has 0 radical (unpaired) electrons. The molecule has 2 rings (SSSR count). The van der Waals surface area contributed by atoms with Crippen LogP contribution in [0.25, 0.3) is 0 Å². The Morgan fingerprint density at radius 1 is 1.40 bits per heavy atom. The number of halogens is 1. The minimum absolute atomic E-state index is 0. The molecular weight excluding hydrogens is 210 g/mol. The van der Waals surface area contributed by atoms with E-state index in [-0.39, 0.29) is 18.4 Å². The molecule has 1 aromatic carbocycles. The molecule has 15 heavy (non-hydrogen) atoms. The number of methoxy groups -OCH3 is 1. The quantitative estimate of drug-likeness (QED) is 0.801. The molecule has 0 aliphatic heterocycles. The van der Waals surface area contributed by atoms with Crippen LogP contribution in [0.3, 0.4) is 0 Å². The topological polar surface area (TPSA) is 35.2 Å². The van der Waals surface area contributed by atoms with Gasteiger partial charge in [0, 0.05) is 6.04 Å². The van der Waals surface area contributed by atoms with Gasteiger partial charge in [-0.2, -0.15) is 0 Å². The summed E-state index contributed by atoms with van der Waals surface area (Å²) in [4.78, 5) is 0. The number of benzene rings is 1. The molecule has 0 heterocycles. The molecule has 0 saturated carbocycles. The Hall–Kier alpha value is -0.730. The molecule has 0 spiro atoms. The molecular formula is C12H18ClNO. The Morgan fingerprint density at radius 3 is 2.80 bits per heavy atom. The smallest absolute Gasteiger partial charge is 0.125 e. The van der Waals surface area contributed by atoms with Crippen molar-refractivity contribution < 1.29 is 4.74 Å². The van der Waals surface area contributed by atoms with E-state index < -0.39 is 0 Å². The second-order valence-electron chi connectivity index (χ2n) is 3.98. The van der Waals surface area contributed by atoms with Crippen LogP contribution in [0, 0.1) is 6.92 Å². The zero-order valence-corrected chi connectivity index (χ0v) is 10.1. The van der Waals surface area contributed by atoms with E-state index in [2.05, 4.69) is 19.1 Å². The molecule has 1 aromatic rings. The lowest BCUT2D eigenvalue weighted by Gasteiger charge is -2.24. The Bertz CT molecular complexity index is 352.